The predicted octanol–water partition coefficient (Wildman–Crippen LogP) is 2.16. The standard InChI is InChI=1S/C20H22N2O5S/c1-14-9-10-16(28(25,26)22-11-5-6-12-22)13-17(14)20(24)27-18(19(21)23)15-7-3-2-4-8-15/h2-4,7-10,13,18H,5-6,11-12H2,1H3,(H2,21,23). The number of primary amides is 1. The molecule has 0 spiro atoms. The second-order valence-electron chi connectivity index (χ2n) is 6.69. The molecule has 2 N–H and O–H groups in total. The zero-order valence-corrected chi connectivity index (χ0v) is 16.3. The highest BCUT2D eigenvalue weighted by Gasteiger charge is 2.29. The smallest absolute Gasteiger partial charge is 0.339 e. The van der Waals surface area contributed by atoms with Crippen molar-refractivity contribution >= 4 is 21.9 Å². The first-order valence-corrected chi connectivity index (χ1v) is 10.4. The molecule has 8 heteroatoms. The highest BCUT2D eigenvalue weighted by atomic mass is 32.2. The summed E-state index contributed by atoms with van der Waals surface area (Å²) in [6.45, 7) is 2.60. The van der Waals surface area contributed by atoms with Crippen LogP contribution < -0.4 is 5.73 Å². The average Bonchev–Trinajstić information content (AvgIpc) is 3.22. The lowest BCUT2D eigenvalue weighted by Crippen LogP contribution is -2.28. The zero-order chi connectivity index (χ0) is 20.3. The van der Waals surface area contributed by atoms with Gasteiger partial charge in [0.1, 0.15) is 0 Å². The number of aryl methyl sites for hydroxylation is 1. The summed E-state index contributed by atoms with van der Waals surface area (Å²) in [5.74, 6) is -1.61. The van der Waals surface area contributed by atoms with E-state index >= 15 is 0 Å². The maximum Gasteiger partial charge on any atom is 0.339 e. The van der Waals surface area contributed by atoms with Gasteiger partial charge in [-0.2, -0.15) is 4.31 Å². The molecule has 0 radical (unpaired) electrons. The summed E-state index contributed by atoms with van der Waals surface area (Å²) < 4.78 is 32.3. The number of hydrogen-bond acceptors (Lipinski definition) is 5. The minimum Gasteiger partial charge on any atom is -0.444 e. The van der Waals surface area contributed by atoms with Crippen molar-refractivity contribution < 1.29 is 22.7 Å². The molecule has 2 aromatic rings. The minimum absolute atomic E-state index is 0.0299. The van der Waals surface area contributed by atoms with Crippen LogP contribution in [0.2, 0.25) is 0 Å². The van der Waals surface area contributed by atoms with Crippen molar-refractivity contribution in [2.45, 2.75) is 30.8 Å². The fourth-order valence-electron chi connectivity index (χ4n) is 3.15. The Balaban J connectivity index is 1.90. The van der Waals surface area contributed by atoms with E-state index in [9.17, 15) is 18.0 Å². The molecule has 2 aromatic carbocycles. The van der Waals surface area contributed by atoms with E-state index in [1.807, 2.05) is 0 Å². The van der Waals surface area contributed by atoms with Gasteiger partial charge in [-0.25, -0.2) is 13.2 Å². The second kappa shape index (κ2) is 8.12. The van der Waals surface area contributed by atoms with Gasteiger partial charge in [-0.1, -0.05) is 36.4 Å². The Hall–Kier alpha value is -2.71. The third-order valence-corrected chi connectivity index (χ3v) is 6.61. The molecule has 1 heterocycles. The van der Waals surface area contributed by atoms with Crippen molar-refractivity contribution in [3.05, 3.63) is 65.2 Å². The molecule has 0 aliphatic carbocycles. The lowest BCUT2D eigenvalue weighted by molar-refractivity contribution is -0.127. The average molecular weight is 402 g/mol. The first kappa shape index (κ1) is 20.0. The summed E-state index contributed by atoms with van der Waals surface area (Å²) in [6, 6.07) is 12.8. The molecule has 0 aromatic heterocycles. The Morgan fingerprint density at radius 1 is 1.07 bits per heavy atom. The van der Waals surface area contributed by atoms with E-state index in [1.54, 1.807) is 43.3 Å². The highest BCUT2D eigenvalue weighted by Crippen LogP contribution is 2.25. The van der Waals surface area contributed by atoms with Gasteiger partial charge >= 0.3 is 5.97 Å². The first-order chi connectivity index (χ1) is 13.3. The van der Waals surface area contributed by atoms with Crippen molar-refractivity contribution in [3.8, 4) is 0 Å². The summed E-state index contributed by atoms with van der Waals surface area (Å²) in [5, 5.41) is 0. The Labute approximate surface area is 164 Å². The van der Waals surface area contributed by atoms with Crippen molar-refractivity contribution in [1.29, 1.82) is 0 Å². The molecule has 0 saturated carbocycles. The number of hydrogen-bond donors (Lipinski definition) is 1. The molecule has 148 valence electrons. The number of carbonyl (C=O) groups is 2. The number of sulfonamides is 1. The molecule has 0 bridgehead atoms. The van der Waals surface area contributed by atoms with E-state index in [-0.39, 0.29) is 10.5 Å². The fourth-order valence-corrected chi connectivity index (χ4v) is 4.69. The Morgan fingerprint density at radius 3 is 2.32 bits per heavy atom. The van der Waals surface area contributed by atoms with Crippen molar-refractivity contribution in [2.24, 2.45) is 5.73 Å². The fraction of sp³-hybridized carbons (Fsp3) is 0.300. The van der Waals surface area contributed by atoms with E-state index < -0.39 is 28.0 Å². The summed E-state index contributed by atoms with van der Waals surface area (Å²) in [5.41, 5.74) is 6.47. The van der Waals surface area contributed by atoms with Gasteiger partial charge < -0.3 is 10.5 Å². The molecule has 1 fully saturated rings. The van der Waals surface area contributed by atoms with Gasteiger partial charge in [0.05, 0.1) is 10.5 Å². The van der Waals surface area contributed by atoms with Gasteiger partial charge in [-0.05, 0) is 37.5 Å². The molecular weight excluding hydrogens is 380 g/mol. The molecule has 1 aliphatic heterocycles. The molecule has 1 atom stereocenters. The summed E-state index contributed by atoms with van der Waals surface area (Å²) in [6.07, 6.45) is 0.376. The first-order valence-electron chi connectivity index (χ1n) is 8.97. The van der Waals surface area contributed by atoms with Gasteiger partial charge in [-0.15, -0.1) is 0 Å². The zero-order valence-electron chi connectivity index (χ0n) is 15.5. The highest BCUT2D eigenvalue weighted by molar-refractivity contribution is 7.89. The van der Waals surface area contributed by atoms with E-state index in [0.29, 0.717) is 24.2 Å². The van der Waals surface area contributed by atoms with Crippen LogP contribution in [0.25, 0.3) is 0 Å². The van der Waals surface area contributed by atoms with Crippen LogP contribution in [0.1, 0.15) is 40.4 Å². The molecular formula is C20H22N2O5S. The molecule has 1 aliphatic rings. The number of benzene rings is 2. The number of rotatable bonds is 6. The lowest BCUT2D eigenvalue weighted by atomic mass is 10.1. The third-order valence-electron chi connectivity index (χ3n) is 4.72. The number of amides is 1. The Bertz CT molecular complexity index is 983. The van der Waals surface area contributed by atoms with Crippen LogP contribution in [-0.2, 0) is 19.6 Å². The molecule has 28 heavy (non-hydrogen) atoms. The van der Waals surface area contributed by atoms with Gasteiger partial charge in [-0.3, -0.25) is 4.79 Å². The summed E-state index contributed by atoms with van der Waals surface area (Å²) >= 11 is 0. The quantitative estimate of drug-likeness (QED) is 0.745. The van der Waals surface area contributed by atoms with Gasteiger partial charge in [0.2, 0.25) is 16.1 Å². The van der Waals surface area contributed by atoms with Crippen LogP contribution in [0, 0.1) is 6.92 Å². The number of nitrogens with zero attached hydrogens (tertiary/aromatic N) is 1. The maximum atomic E-state index is 12.8. The van der Waals surface area contributed by atoms with Crippen LogP contribution in [0.3, 0.4) is 0 Å². The number of ether oxygens (including phenoxy) is 1. The van der Waals surface area contributed by atoms with Crippen LogP contribution in [0.5, 0.6) is 0 Å². The summed E-state index contributed by atoms with van der Waals surface area (Å²) in [4.78, 5) is 24.5. The molecule has 1 unspecified atom stereocenters. The Morgan fingerprint density at radius 2 is 1.71 bits per heavy atom. The topological polar surface area (TPSA) is 107 Å². The van der Waals surface area contributed by atoms with Crippen LogP contribution in [0.15, 0.2) is 53.4 Å². The minimum atomic E-state index is -3.67. The van der Waals surface area contributed by atoms with Crippen molar-refractivity contribution in [2.75, 3.05) is 13.1 Å². The number of carbonyl (C=O) groups excluding carboxylic acids is 2. The Kier molecular flexibility index (Phi) is 5.81. The van der Waals surface area contributed by atoms with Gasteiger partial charge in [0, 0.05) is 18.7 Å². The maximum absolute atomic E-state index is 12.8. The second-order valence-corrected chi connectivity index (χ2v) is 8.62. The third kappa shape index (κ3) is 4.07. The lowest BCUT2D eigenvalue weighted by Gasteiger charge is -2.18. The van der Waals surface area contributed by atoms with E-state index in [4.69, 9.17) is 10.5 Å². The largest absolute Gasteiger partial charge is 0.444 e. The van der Waals surface area contributed by atoms with E-state index in [0.717, 1.165) is 12.8 Å². The van der Waals surface area contributed by atoms with Crippen molar-refractivity contribution in [3.63, 3.8) is 0 Å². The molecule has 1 amide bonds. The van der Waals surface area contributed by atoms with Gasteiger partial charge in [0.25, 0.3) is 5.91 Å². The van der Waals surface area contributed by atoms with Crippen LogP contribution in [-0.4, -0.2) is 37.7 Å². The SMILES string of the molecule is Cc1ccc(S(=O)(=O)N2CCCC2)cc1C(=O)OC(C(N)=O)c1ccccc1. The molecule has 7 nitrogen and oxygen atoms in total. The normalized spacial score (nSPS) is 15.9. The predicted molar refractivity (Wildman–Crippen MR) is 103 cm³/mol. The summed E-state index contributed by atoms with van der Waals surface area (Å²) in [7, 11) is -3.67. The van der Waals surface area contributed by atoms with Crippen molar-refractivity contribution in [1.82, 2.24) is 4.31 Å². The number of esters is 1. The van der Waals surface area contributed by atoms with Crippen LogP contribution in [0.4, 0.5) is 0 Å². The van der Waals surface area contributed by atoms with E-state index in [2.05, 4.69) is 0 Å². The molecule has 3 rings (SSSR count). The van der Waals surface area contributed by atoms with E-state index in [1.165, 1.54) is 16.4 Å². The number of nitrogens with two attached hydrogens (primary N) is 1. The molecule has 1 saturated heterocycles. The van der Waals surface area contributed by atoms with Crippen LogP contribution >= 0.6 is 0 Å². The monoisotopic (exact) mass is 402 g/mol. The van der Waals surface area contributed by atoms with Gasteiger partial charge in [0.15, 0.2) is 0 Å².